The molecule has 1 rings (SSSR count). The summed E-state index contributed by atoms with van der Waals surface area (Å²) in [6, 6.07) is 0. The lowest BCUT2D eigenvalue weighted by molar-refractivity contribution is -0.136. The number of nitrogens with zero attached hydrogens (tertiary/aromatic N) is 1. The van der Waals surface area contributed by atoms with Crippen molar-refractivity contribution < 1.29 is 23.4 Å². The van der Waals surface area contributed by atoms with Crippen LogP contribution < -0.4 is 0 Å². The highest BCUT2D eigenvalue weighted by Gasteiger charge is 2.28. The Morgan fingerprint density at radius 3 is 2.89 bits per heavy atom. The zero-order valence-corrected chi connectivity index (χ0v) is 10.6. The van der Waals surface area contributed by atoms with E-state index in [1.165, 1.54) is 0 Å². The number of aliphatic hydroxyl groups is 1. The van der Waals surface area contributed by atoms with Crippen molar-refractivity contribution in [2.24, 2.45) is 5.92 Å². The van der Waals surface area contributed by atoms with Crippen LogP contribution in [0.1, 0.15) is 26.2 Å². The van der Waals surface area contributed by atoms with Crippen LogP contribution in [-0.2, 0) is 9.53 Å². The lowest BCUT2D eigenvalue weighted by Crippen LogP contribution is -2.46. The second-order valence-corrected chi connectivity index (χ2v) is 4.58. The minimum atomic E-state index is -2.49. The highest BCUT2D eigenvalue weighted by molar-refractivity contribution is 5.76. The van der Waals surface area contributed by atoms with Crippen molar-refractivity contribution in [3.63, 3.8) is 0 Å². The summed E-state index contributed by atoms with van der Waals surface area (Å²) in [4.78, 5) is 13.5. The number of carbonyl (C=O) groups excluding carboxylic acids is 1. The zero-order chi connectivity index (χ0) is 13.5. The molecule has 1 saturated heterocycles. The molecule has 0 spiro atoms. The molecule has 1 heterocycles. The molecule has 1 fully saturated rings. The van der Waals surface area contributed by atoms with Gasteiger partial charge in [0.2, 0.25) is 5.91 Å². The van der Waals surface area contributed by atoms with Gasteiger partial charge in [-0.1, -0.05) is 6.92 Å². The predicted molar refractivity (Wildman–Crippen MR) is 62.4 cm³/mol. The maximum Gasteiger partial charge on any atom is 0.261 e. The molecular weight excluding hydrogens is 244 g/mol. The lowest BCUT2D eigenvalue weighted by Gasteiger charge is -2.35. The molecule has 0 aromatic heterocycles. The summed E-state index contributed by atoms with van der Waals surface area (Å²) in [5.41, 5.74) is 0. The molecule has 0 radical (unpaired) electrons. The molecule has 1 aliphatic rings. The van der Waals surface area contributed by atoms with Gasteiger partial charge >= 0.3 is 0 Å². The molecule has 0 saturated carbocycles. The number of piperidine rings is 1. The van der Waals surface area contributed by atoms with E-state index in [-0.39, 0.29) is 31.0 Å². The fourth-order valence-corrected chi connectivity index (χ4v) is 2.14. The average molecular weight is 265 g/mol. The molecule has 2 atom stereocenters. The summed E-state index contributed by atoms with van der Waals surface area (Å²) in [6.07, 6.45) is -1.29. The van der Waals surface area contributed by atoms with Crippen molar-refractivity contribution in [1.29, 1.82) is 0 Å². The maximum atomic E-state index is 11.8. The van der Waals surface area contributed by atoms with E-state index in [1.54, 1.807) is 4.90 Å². The summed E-state index contributed by atoms with van der Waals surface area (Å²) in [5.74, 6) is 0.0271. The Bertz CT molecular complexity index is 264. The van der Waals surface area contributed by atoms with Crippen LogP contribution in [0.2, 0.25) is 0 Å². The standard InChI is InChI=1S/C12H21F2NO3/c1-2-9-7-15(5-3-10(9)16)12(17)4-6-18-8-11(13)14/h9-11,16H,2-8H2,1H3. The van der Waals surface area contributed by atoms with E-state index in [4.69, 9.17) is 0 Å². The third kappa shape index (κ3) is 4.86. The Morgan fingerprint density at radius 2 is 2.28 bits per heavy atom. The zero-order valence-electron chi connectivity index (χ0n) is 10.6. The van der Waals surface area contributed by atoms with Crippen LogP contribution in [0.15, 0.2) is 0 Å². The van der Waals surface area contributed by atoms with Crippen LogP contribution in [0.5, 0.6) is 0 Å². The third-order valence-electron chi connectivity index (χ3n) is 3.28. The first kappa shape index (κ1) is 15.3. The van der Waals surface area contributed by atoms with Gasteiger partial charge in [-0.05, 0) is 12.8 Å². The van der Waals surface area contributed by atoms with Crippen LogP contribution in [0.3, 0.4) is 0 Å². The van der Waals surface area contributed by atoms with Crippen molar-refractivity contribution in [2.45, 2.75) is 38.7 Å². The van der Waals surface area contributed by atoms with Gasteiger partial charge in [-0.2, -0.15) is 0 Å². The number of hydrogen-bond donors (Lipinski definition) is 1. The normalized spacial score (nSPS) is 24.6. The van der Waals surface area contributed by atoms with Gasteiger partial charge in [0.1, 0.15) is 6.61 Å². The van der Waals surface area contributed by atoms with Gasteiger partial charge in [0.15, 0.2) is 0 Å². The first-order valence-corrected chi connectivity index (χ1v) is 6.36. The van der Waals surface area contributed by atoms with Gasteiger partial charge in [-0.15, -0.1) is 0 Å². The van der Waals surface area contributed by atoms with Crippen LogP contribution in [0.25, 0.3) is 0 Å². The largest absolute Gasteiger partial charge is 0.393 e. The molecule has 1 N–H and O–H groups in total. The molecule has 0 aromatic carbocycles. The van der Waals surface area contributed by atoms with Gasteiger partial charge in [0.25, 0.3) is 6.43 Å². The van der Waals surface area contributed by atoms with E-state index in [2.05, 4.69) is 4.74 Å². The molecule has 1 amide bonds. The minimum absolute atomic E-state index is 0.0268. The monoisotopic (exact) mass is 265 g/mol. The van der Waals surface area contributed by atoms with Gasteiger partial charge in [-0.3, -0.25) is 4.79 Å². The van der Waals surface area contributed by atoms with Crippen LogP contribution in [0.4, 0.5) is 8.78 Å². The van der Waals surface area contributed by atoms with Crippen molar-refractivity contribution in [1.82, 2.24) is 4.90 Å². The van der Waals surface area contributed by atoms with Gasteiger partial charge < -0.3 is 14.7 Å². The van der Waals surface area contributed by atoms with Crippen LogP contribution >= 0.6 is 0 Å². The minimum Gasteiger partial charge on any atom is -0.393 e. The fraction of sp³-hybridized carbons (Fsp3) is 0.917. The molecule has 1 aliphatic heterocycles. The van der Waals surface area contributed by atoms with Crippen molar-refractivity contribution in [2.75, 3.05) is 26.3 Å². The summed E-state index contributed by atoms with van der Waals surface area (Å²) in [7, 11) is 0. The van der Waals surface area contributed by atoms with Gasteiger partial charge in [0, 0.05) is 19.0 Å². The topological polar surface area (TPSA) is 49.8 Å². The average Bonchev–Trinajstić information content (AvgIpc) is 2.34. The van der Waals surface area contributed by atoms with E-state index in [0.717, 1.165) is 6.42 Å². The first-order chi connectivity index (χ1) is 8.54. The van der Waals surface area contributed by atoms with E-state index >= 15 is 0 Å². The number of rotatable bonds is 6. The summed E-state index contributed by atoms with van der Waals surface area (Å²) in [5, 5.41) is 9.70. The number of carbonyl (C=O) groups is 1. The molecule has 0 bridgehead atoms. The van der Waals surface area contributed by atoms with E-state index in [1.807, 2.05) is 6.92 Å². The molecule has 2 unspecified atom stereocenters. The van der Waals surface area contributed by atoms with Crippen LogP contribution in [-0.4, -0.2) is 54.7 Å². The Balaban J connectivity index is 2.25. The number of amides is 1. The molecule has 0 aliphatic carbocycles. The molecule has 6 heteroatoms. The Hall–Kier alpha value is -0.750. The lowest BCUT2D eigenvalue weighted by atomic mass is 9.92. The number of aliphatic hydroxyl groups excluding tert-OH is 1. The maximum absolute atomic E-state index is 11.8. The van der Waals surface area contributed by atoms with Gasteiger partial charge in [0.05, 0.1) is 19.1 Å². The van der Waals surface area contributed by atoms with Gasteiger partial charge in [-0.25, -0.2) is 8.78 Å². The smallest absolute Gasteiger partial charge is 0.261 e. The van der Waals surface area contributed by atoms with Crippen molar-refractivity contribution in [3.8, 4) is 0 Å². The van der Waals surface area contributed by atoms with Crippen LogP contribution in [0, 0.1) is 5.92 Å². The fourth-order valence-electron chi connectivity index (χ4n) is 2.14. The summed E-state index contributed by atoms with van der Waals surface area (Å²) < 4.78 is 28.3. The molecule has 4 nitrogen and oxygen atoms in total. The molecule has 0 aromatic rings. The Labute approximate surface area is 106 Å². The highest BCUT2D eigenvalue weighted by Crippen LogP contribution is 2.20. The van der Waals surface area contributed by atoms with E-state index < -0.39 is 13.0 Å². The number of halogens is 2. The second-order valence-electron chi connectivity index (χ2n) is 4.58. The summed E-state index contributed by atoms with van der Waals surface area (Å²) in [6.45, 7) is 2.47. The van der Waals surface area contributed by atoms with Crippen molar-refractivity contribution in [3.05, 3.63) is 0 Å². The number of likely N-dealkylation sites (tertiary alicyclic amines) is 1. The summed E-state index contributed by atoms with van der Waals surface area (Å²) >= 11 is 0. The molecule has 18 heavy (non-hydrogen) atoms. The first-order valence-electron chi connectivity index (χ1n) is 6.36. The Morgan fingerprint density at radius 1 is 1.56 bits per heavy atom. The third-order valence-corrected chi connectivity index (χ3v) is 3.28. The Kier molecular flexibility index (Phi) is 6.49. The predicted octanol–water partition coefficient (Wildman–Crippen LogP) is 1.28. The highest BCUT2D eigenvalue weighted by atomic mass is 19.3. The second kappa shape index (κ2) is 7.63. The number of hydrogen-bond acceptors (Lipinski definition) is 3. The van der Waals surface area contributed by atoms with E-state index in [9.17, 15) is 18.7 Å². The molecular formula is C12H21F2NO3. The quantitative estimate of drug-likeness (QED) is 0.736. The number of ether oxygens (including phenoxy) is 1. The SMILES string of the molecule is CCC1CN(C(=O)CCOCC(F)F)CCC1O. The number of alkyl halides is 2. The van der Waals surface area contributed by atoms with E-state index in [0.29, 0.717) is 19.5 Å². The molecule has 106 valence electrons. The van der Waals surface area contributed by atoms with Crippen molar-refractivity contribution >= 4 is 5.91 Å².